The van der Waals surface area contributed by atoms with E-state index in [1.54, 1.807) is 0 Å². The maximum atomic E-state index is 12.1. The Hall–Kier alpha value is -3.02. The number of carbonyl (C=O) groups is 1. The van der Waals surface area contributed by atoms with E-state index >= 15 is 0 Å². The lowest BCUT2D eigenvalue weighted by atomic mass is 10.0. The van der Waals surface area contributed by atoms with Gasteiger partial charge in [-0.3, -0.25) is 4.79 Å². The van der Waals surface area contributed by atoms with E-state index in [-0.39, 0.29) is 12.5 Å². The molecular formula is C18H19N5O. The fourth-order valence-corrected chi connectivity index (χ4v) is 2.29. The van der Waals surface area contributed by atoms with Crippen LogP contribution < -0.4 is 5.32 Å². The summed E-state index contributed by atoms with van der Waals surface area (Å²) in [5.74, 6) is 0.777. The van der Waals surface area contributed by atoms with E-state index in [0.717, 1.165) is 11.3 Å². The number of aromatic nitrogens is 4. The van der Waals surface area contributed by atoms with Crippen LogP contribution in [0.2, 0.25) is 0 Å². The Kier molecular flexibility index (Phi) is 4.65. The fraction of sp³-hybridized carbons (Fsp3) is 0.222. The number of nitrogens with one attached hydrogen (secondary N) is 1. The molecule has 0 bridgehead atoms. The first-order valence-corrected chi connectivity index (χ1v) is 7.85. The molecule has 1 amide bonds. The fourth-order valence-electron chi connectivity index (χ4n) is 2.29. The van der Waals surface area contributed by atoms with Gasteiger partial charge in [0.1, 0.15) is 6.54 Å². The molecule has 0 saturated carbocycles. The Morgan fingerprint density at radius 3 is 2.46 bits per heavy atom. The number of hydrogen-bond donors (Lipinski definition) is 1. The first-order valence-electron chi connectivity index (χ1n) is 7.85. The number of benzene rings is 2. The number of tetrazole rings is 1. The monoisotopic (exact) mass is 321 g/mol. The van der Waals surface area contributed by atoms with Crippen molar-refractivity contribution >= 4 is 11.6 Å². The van der Waals surface area contributed by atoms with Crippen LogP contribution in [0, 0.1) is 0 Å². The second-order valence-corrected chi connectivity index (χ2v) is 5.83. The first kappa shape index (κ1) is 15.9. The van der Waals surface area contributed by atoms with Gasteiger partial charge in [-0.25, -0.2) is 0 Å². The predicted molar refractivity (Wildman–Crippen MR) is 92.4 cm³/mol. The van der Waals surface area contributed by atoms with Crippen LogP contribution >= 0.6 is 0 Å². The van der Waals surface area contributed by atoms with Crippen molar-refractivity contribution in [2.24, 2.45) is 0 Å². The Morgan fingerprint density at radius 2 is 1.79 bits per heavy atom. The van der Waals surface area contributed by atoms with Crippen molar-refractivity contribution in [3.8, 4) is 11.4 Å². The standard InChI is InChI=1S/C18H19N5O/c1-13(2)14-8-10-16(11-9-14)19-17(24)12-23-21-18(20-22-23)15-6-4-3-5-7-15/h3-11,13H,12H2,1-2H3,(H,19,24). The first-order chi connectivity index (χ1) is 11.6. The van der Waals surface area contributed by atoms with E-state index < -0.39 is 0 Å². The molecule has 6 heteroatoms. The molecule has 0 radical (unpaired) electrons. The number of rotatable bonds is 5. The van der Waals surface area contributed by atoms with Crippen molar-refractivity contribution in [1.82, 2.24) is 20.2 Å². The van der Waals surface area contributed by atoms with Crippen LogP contribution in [0.15, 0.2) is 54.6 Å². The van der Waals surface area contributed by atoms with Gasteiger partial charge in [-0.1, -0.05) is 56.3 Å². The molecule has 24 heavy (non-hydrogen) atoms. The van der Waals surface area contributed by atoms with Crippen molar-refractivity contribution in [3.63, 3.8) is 0 Å². The molecule has 3 rings (SSSR count). The van der Waals surface area contributed by atoms with Gasteiger partial charge in [-0.15, -0.1) is 10.2 Å². The number of carbonyl (C=O) groups excluding carboxylic acids is 1. The number of anilines is 1. The van der Waals surface area contributed by atoms with Crippen LogP contribution in [0.4, 0.5) is 5.69 Å². The summed E-state index contributed by atoms with van der Waals surface area (Å²) >= 11 is 0. The van der Waals surface area contributed by atoms with Crippen LogP contribution in [0.25, 0.3) is 11.4 Å². The lowest BCUT2D eigenvalue weighted by molar-refractivity contribution is -0.117. The minimum Gasteiger partial charge on any atom is -0.324 e. The minimum absolute atomic E-state index is 0.0196. The highest BCUT2D eigenvalue weighted by Gasteiger charge is 2.09. The zero-order chi connectivity index (χ0) is 16.9. The zero-order valence-corrected chi connectivity index (χ0v) is 13.7. The van der Waals surface area contributed by atoms with E-state index in [1.807, 2.05) is 54.6 Å². The van der Waals surface area contributed by atoms with Crippen molar-refractivity contribution < 1.29 is 4.79 Å². The van der Waals surface area contributed by atoms with Gasteiger partial charge < -0.3 is 5.32 Å². The van der Waals surface area contributed by atoms with Crippen LogP contribution in [-0.2, 0) is 11.3 Å². The molecule has 0 aliphatic carbocycles. The van der Waals surface area contributed by atoms with Crippen molar-refractivity contribution in [3.05, 3.63) is 60.2 Å². The van der Waals surface area contributed by atoms with Gasteiger partial charge in [0.2, 0.25) is 11.7 Å². The predicted octanol–water partition coefficient (Wildman–Crippen LogP) is 3.10. The average molecular weight is 321 g/mol. The van der Waals surface area contributed by atoms with Gasteiger partial charge >= 0.3 is 0 Å². The average Bonchev–Trinajstić information content (AvgIpc) is 3.04. The van der Waals surface area contributed by atoms with Crippen LogP contribution in [0.5, 0.6) is 0 Å². The van der Waals surface area contributed by atoms with Crippen LogP contribution in [-0.4, -0.2) is 26.1 Å². The van der Waals surface area contributed by atoms with Gasteiger partial charge in [0.25, 0.3) is 0 Å². The Balaban J connectivity index is 1.62. The SMILES string of the molecule is CC(C)c1ccc(NC(=O)Cn2nnc(-c3ccccc3)n2)cc1. The molecule has 0 fully saturated rings. The molecule has 1 heterocycles. The normalized spacial score (nSPS) is 10.8. The number of nitrogens with zero attached hydrogens (tertiary/aromatic N) is 4. The summed E-state index contributed by atoms with van der Waals surface area (Å²) in [6, 6.07) is 17.4. The molecule has 0 unspecified atom stereocenters. The molecule has 0 atom stereocenters. The number of hydrogen-bond acceptors (Lipinski definition) is 4. The Bertz CT molecular complexity index is 809. The maximum absolute atomic E-state index is 12.1. The molecule has 1 N–H and O–H groups in total. The maximum Gasteiger partial charge on any atom is 0.248 e. The lowest BCUT2D eigenvalue weighted by Gasteiger charge is -2.08. The zero-order valence-electron chi connectivity index (χ0n) is 13.7. The second kappa shape index (κ2) is 7.04. The molecule has 3 aromatic rings. The van der Waals surface area contributed by atoms with Crippen LogP contribution in [0.1, 0.15) is 25.3 Å². The summed E-state index contributed by atoms with van der Waals surface area (Å²) in [6.07, 6.45) is 0. The van der Waals surface area contributed by atoms with E-state index in [1.165, 1.54) is 10.4 Å². The van der Waals surface area contributed by atoms with Gasteiger partial charge in [0.15, 0.2) is 0 Å². The van der Waals surface area contributed by atoms with Crippen molar-refractivity contribution in [1.29, 1.82) is 0 Å². The third kappa shape index (κ3) is 3.84. The third-order valence-electron chi connectivity index (χ3n) is 3.63. The minimum atomic E-state index is -0.190. The molecule has 0 spiro atoms. The molecule has 0 aliphatic rings. The summed E-state index contributed by atoms with van der Waals surface area (Å²) in [7, 11) is 0. The second-order valence-electron chi connectivity index (χ2n) is 5.83. The third-order valence-corrected chi connectivity index (χ3v) is 3.63. The molecule has 122 valence electrons. The highest BCUT2D eigenvalue weighted by atomic mass is 16.2. The molecule has 0 saturated heterocycles. The highest BCUT2D eigenvalue weighted by Crippen LogP contribution is 2.17. The smallest absolute Gasteiger partial charge is 0.248 e. The van der Waals surface area contributed by atoms with Crippen molar-refractivity contribution in [2.75, 3.05) is 5.32 Å². The van der Waals surface area contributed by atoms with Gasteiger partial charge in [0.05, 0.1) is 0 Å². The van der Waals surface area contributed by atoms with Crippen LogP contribution in [0.3, 0.4) is 0 Å². The number of amides is 1. The molecular weight excluding hydrogens is 302 g/mol. The molecule has 1 aromatic heterocycles. The summed E-state index contributed by atoms with van der Waals surface area (Å²) < 4.78 is 0. The summed E-state index contributed by atoms with van der Waals surface area (Å²) in [5, 5.41) is 15.0. The van der Waals surface area contributed by atoms with Gasteiger partial charge in [-0.2, -0.15) is 4.80 Å². The van der Waals surface area contributed by atoms with E-state index in [0.29, 0.717) is 11.7 Å². The molecule has 6 nitrogen and oxygen atoms in total. The Labute approximate surface area is 140 Å². The lowest BCUT2D eigenvalue weighted by Crippen LogP contribution is -2.20. The highest BCUT2D eigenvalue weighted by molar-refractivity contribution is 5.90. The molecule has 2 aromatic carbocycles. The molecule has 0 aliphatic heterocycles. The van der Waals surface area contributed by atoms with E-state index in [4.69, 9.17) is 0 Å². The topological polar surface area (TPSA) is 72.7 Å². The largest absolute Gasteiger partial charge is 0.324 e. The Morgan fingerprint density at radius 1 is 1.08 bits per heavy atom. The summed E-state index contributed by atoms with van der Waals surface area (Å²) in [4.78, 5) is 13.4. The van der Waals surface area contributed by atoms with Gasteiger partial charge in [-0.05, 0) is 28.8 Å². The summed E-state index contributed by atoms with van der Waals surface area (Å²) in [5.41, 5.74) is 2.86. The van der Waals surface area contributed by atoms with E-state index in [9.17, 15) is 4.79 Å². The van der Waals surface area contributed by atoms with E-state index in [2.05, 4.69) is 34.6 Å². The summed E-state index contributed by atoms with van der Waals surface area (Å²) in [6.45, 7) is 4.29. The van der Waals surface area contributed by atoms with Crippen molar-refractivity contribution in [2.45, 2.75) is 26.3 Å². The quantitative estimate of drug-likeness (QED) is 0.783. The van der Waals surface area contributed by atoms with Gasteiger partial charge in [0, 0.05) is 11.3 Å².